The monoisotopic (exact) mass is 934 g/mol. The Hall–Kier alpha value is -3.73. The van der Waals surface area contributed by atoms with Gasteiger partial charge < -0.3 is 48.2 Å². The van der Waals surface area contributed by atoms with Gasteiger partial charge in [-0.25, -0.2) is 13.2 Å². The van der Waals surface area contributed by atoms with Gasteiger partial charge in [-0.3, -0.25) is 28.8 Å². The largest absolute Gasteiger partial charge is 0.469 e. The lowest BCUT2D eigenvalue weighted by Crippen LogP contribution is -2.33. The van der Waals surface area contributed by atoms with Crippen LogP contribution in [-0.2, 0) is 62.3 Å². The second-order valence-electron chi connectivity index (χ2n) is 12.5. The van der Waals surface area contributed by atoms with E-state index in [4.69, 9.17) is 0 Å². The number of urea groups is 1. The van der Waals surface area contributed by atoms with Gasteiger partial charge >= 0.3 is 29.9 Å². The highest BCUT2D eigenvalue weighted by molar-refractivity contribution is 7.97. The van der Waals surface area contributed by atoms with Crippen LogP contribution >= 0.6 is 24.0 Å². The molecule has 366 valence electrons. The zero-order valence-corrected chi connectivity index (χ0v) is 45.1. The first-order valence-corrected chi connectivity index (χ1v) is 21.4. The predicted octanol–water partition coefficient (Wildman–Crippen LogP) is 3.95. The number of amides is 4. The molecule has 0 unspecified atom stereocenters. The highest BCUT2D eigenvalue weighted by Crippen LogP contribution is 1.83. The van der Waals surface area contributed by atoms with Crippen LogP contribution in [0.5, 0.6) is 0 Å². The fraction of sp³-hybridized carbons (Fsp3) is 0.763. The number of thiocarbonyl (C=S) groups is 1. The van der Waals surface area contributed by atoms with Gasteiger partial charge in [0.1, 0.15) is 15.6 Å². The topological polar surface area (TPSA) is 224 Å². The number of carbonyl (C=O) groups is 8. The van der Waals surface area contributed by atoms with Gasteiger partial charge in [-0.2, -0.15) is 11.8 Å². The van der Waals surface area contributed by atoms with Crippen LogP contribution < -0.4 is 0 Å². The summed E-state index contributed by atoms with van der Waals surface area (Å²) in [5.41, 5.74) is 0. The Morgan fingerprint density at radius 2 is 0.567 bits per heavy atom. The third-order valence-corrected chi connectivity index (χ3v) is 2.89. The molecular formula is C38H87N5O14S3. The molecule has 0 fully saturated rings. The zero-order valence-electron chi connectivity index (χ0n) is 42.7. The molecule has 19 nitrogen and oxygen atoms in total. The highest BCUT2D eigenvalue weighted by Gasteiger charge is 2.02. The van der Waals surface area contributed by atoms with E-state index in [9.17, 15) is 46.8 Å². The molecular weight excluding hydrogens is 847 g/mol. The summed E-state index contributed by atoms with van der Waals surface area (Å²) >= 11 is 6.29. The average Bonchev–Trinajstić information content (AvgIpc) is 3.00. The van der Waals surface area contributed by atoms with E-state index in [1.807, 2.05) is 52.4 Å². The molecule has 0 rings (SSSR count). The normalized spacial score (nSPS) is 7.77. The predicted molar refractivity (Wildman–Crippen MR) is 252 cm³/mol. The molecule has 0 aromatic rings. The molecule has 4 amide bonds. The van der Waals surface area contributed by atoms with Crippen LogP contribution in [0.15, 0.2) is 0 Å². The minimum atomic E-state index is -2.67. The van der Waals surface area contributed by atoms with Crippen molar-refractivity contribution in [3.8, 4) is 0 Å². The maximum Gasteiger partial charge on any atom is 0.318 e. The lowest BCUT2D eigenvalue weighted by molar-refractivity contribution is -0.156. The fourth-order valence-corrected chi connectivity index (χ4v) is 0.602. The van der Waals surface area contributed by atoms with Gasteiger partial charge in [0.2, 0.25) is 11.8 Å². The van der Waals surface area contributed by atoms with Crippen molar-refractivity contribution in [1.82, 2.24) is 24.5 Å². The van der Waals surface area contributed by atoms with Crippen molar-refractivity contribution >= 4 is 86.2 Å². The average molecular weight is 934 g/mol. The third-order valence-electron chi connectivity index (χ3n) is 2.89. The molecule has 0 aliphatic heterocycles. The van der Waals surface area contributed by atoms with Crippen LogP contribution in [0.2, 0.25) is 0 Å². The van der Waals surface area contributed by atoms with E-state index >= 15 is 0 Å². The summed E-state index contributed by atoms with van der Waals surface area (Å²) < 4.78 is 35.7. The van der Waals surface area contributed by atoms with Crippen LogP contribution in [0, 0.1) is 0 Å². The quantitative estimate of drug-likeness (QED) is 0.145. The number of rotatable bonds is 0. The van der Waals surface area contributed by atoms with Crippen LogP contribution in [0.3, 0.4) is 0 Å². The van der Waals surface area contributed by atoms with Gasteiger partial charge in [0.15, 0.2) is 0 Å². The summed E-state index contributed by atoms with van der Waals surface area (Å²) in [6.45, 7) is 15.0. The lowest BCUT2D eigenvalue weighted by atomic mass is 10.6. The molecule has 0 aliphatic carbocycles. The zero-order chi connectivity index (χ0) is 52.1. The molecule has 0 aromatic heterocycles. The minimum Gasteiger partial charge on any atom is -0.469 e. The van der Waals surface area contributed by atoms with Gasteiger partial charge in [-0.1, -0.05) is 12.2 Å². The Labute approximate surface area is 375 Å². The number of hydrogen-bond donors (Lipinski definition) is 0. The smallest absolute Gasteiger partial charge is 0.318 e. The summed E-state index contributed by atoms with van der Waals surface area (Å²) in [4.78, 5) is 88.2. The molecule has 0 radical (unpaired) electrons. The van der Waals surface area contributed by atoms with Crippen molar-refractivity contribution in [3.05, 3.63) is 0 Å². The molecule has 0 N–H and O–H groups in total. The maximum atomic E-state index is 10.7. The summed E-state index contributed by atoms with van der Waals surface area (Å²) in [6.07, 6.45) is 6.40. The van der Waals surface area contributed by atoms with Crippen molar-refractivity contribution in [3.63, 3.8) is 0 Å². The molecule has 0 saturated carbocycles. The Kier molecular flexibility index (Phi) is 98.0. The number of thioether (sulfide) groups is 1. The molecule has 0 aliphatic rings. The van der Waals surface area contributed by atoms with Crippen LogP contribution in [-0.4, -0.2) is 216 Å². The van der Waals surface area contributed by atoms with Crippen LogP contribution in [0.4, 0.5) is 4.79 Å². The first-order valence-electron chi connectivity index (χ1n) is 17.1. The number of methoxy groups -OCH3 is 3. The molecule has 0 saturated heterocycles. The highest BCUT2D eigenvalue weighted by atomic mass is 32.2. The molecule has 0 spiro atoms. The van der Waals surface area contributed by atoms with Gasteiger partial charge in [0, 0.05) is 125 Å². The Bertz CT molecular complexity index is 1080. The van der Waals surface area contributed by atoms with E-state index in [1.165, 1.54) is 89.2 Å². The molecule has 60 heavy (non-hydrogen) atoms. The minimum absolute atomic E-state index is 0.0185. The number of nitrogens with zero attached hydrogens (tertiary/aromatic N) is 5. The van der Waals surface area contributed by atoms with E-state index in [1.54, 1.807) is 82.4 Å². The van der Waals surface area contributed by atoms with Crippen molar-refractivity contribution in [2.24, 2.45) is 0 Å². The fourth-order valence-electron chi connectivity index (χ4n) is 0.602. The number of sulfone groups is 1. The summed E-state index contributed by atoms with van der Waals surface area (Å²) in [6, 6.07) is 0.0185. The molecule has 0 heterocycles. The lowest BCUT2D eigenvalue weighted by Gasteiger charge is -2.16. The molecule has 22 heteroatoms. The first-order chi connectivity index (χ1) is 26.5. The molecule has 0 aromatic carbocycles. The van der Waals surface area contributed by atoms with Crippen molar-refractivity contribution in [1.29, 1.82) is 0 Å². The first kappa shape index (κ1) is 87.7. The Morgan fingerprint density at radius 3 is 0.567 bits per heavy atom. The number of ether oxygens (including phenoxy) is 4. The van der Waals surface area contributed by atoms with Gasteiger partial charge in [0.05, 0.1) is 14.2 Å². The van der Waals surface area contributed by atoms with Crippen molar-refractivity contribution in [2.75, 3.05) is 131 Å². The van der Waals surface area contributed by atoms with E-state index in [-0.39, 0.29) is 35.6 Å². The van der Waals surface area contributed by atoms with Crippen molar-refractivity contribution < 1.29 is 65.7 Å². The number of ketones is 1. The van der Waals surface area contributed by atoms with E-state index in [0.29, 0.717) is 0 Å². The third kappa shape index (κ3) is 375. The SMILES string of the molecule is CC(=O)N(C)C.CC(=O)N(C)C.CC(=O)OC(C)=O.CC(C)=O.CC(C)=S.CN(C)C.CN(C)C(=O)N(C)C.COC.COC(C)=O.COC(C)=O.CS(C)(=O)=O.CSC. The second-order valence-corrected chi connectivity index (χ2v) is 16.4. The van der Waals surface area contributed by atoms with Gasteiger partial charge in [0.25, 0.3) is 0 Å². The van der Waals surface area contributed by atoms with E-state index < -0.39 is 21.8 Å². The van der Waals surface area contributed by atoms with Gasteiger partial charge in [-0.15, -0.1) is 0 Å². The Morgan fingerprint density at radius 1 is 0.467 bits per heavy atom. The molecule has 0 bridgehead atoms. The maximum absolute atomic E-state index is 10.7. The van der Waals surface area contributed by atoms with E-state index in [2.05, 4.69) is 31.2 Å². The number of esters is 4. The standard InChI is InChI=1S/C5H12N2O.2C4H9NO.C4H6O3.C3H9N.2C3H6O2.C3H6O.C3H6S.C2H6O2S.C2H6O.C2H6S/c1-6(2)5(8)7(3)4;2*1-4(6)5(2)3;1-3(5)7-4(2)6;1-4(2)3;2*1-3(4)5-2;2*1-3(2)4;1-5(2,3)4;2*1-3-2/h1-4H3;2*1-3H3;1-2H3;1-3H3;2*1-2H3;2*1-2H3;1-2H3;2*1-2H3. The summed E-state index contributed by atoms with van der Waals surface area (Å²) in [7, 11) is 23.1. The number of carbonyl (C=O) groups excluding carboxylic acids is 8. The van der Waals surface area contributed by atoms with Crippen LogP contribution in [0.1, 0.15) is 69.2 Å². The second kappa shape index (κ2) is 67.1. The summed E-state index contributed by atoms with van der Waals surface area (Å²) in [5.74, 6) is -1.26. The molecule has 0 atom stereocenters. The summed E-state index contributed by atoms with van der Waals surface area (Å²) in [5, 5.41) is 0. The number of Topliss-reactive ketones (excluding diaryl/α,β-unsaturated/α-hetero) is 1. The van der Waals surface area contributed by atoms with Crippen molar-refractivity contribution in [2.45, 2.75) is 69.2 Å². The van der Waals surface area contributed by atoms with Gasteiger partial charge in [-0.05, 0) is 66.2 Å². The van der Waals surface area contributed by atoms with E-state index in [0.717, 1.165) is 17.4 Å². The Balaban J connectivity index is -0.0000000423. The van der Waals surface area contributed by atoms with Crippen LogP contribution in [0.25, 0.3) is 0 Å². The number of hydrogen-bond acceptors (Lipinski definition) is 17.